The van der Waals surface area contributed by atoms with Crippen LogP contribution in [0.4, 0.5) is 0 Å². The Hall–Kier alpha value is -0.630. The lowest BCUT2D eigenvalue weighted by Crippen LogP contribution is -2.16. The first-order chi connectivity index (χ1) is 7.75. The van der Waals surface area contributed by atoms with Crippen LogP contribution in [0.1, 0.15) is 37.0 Å². The zero-order valence-corrected chi connectivity index (χ0v) is 11.8. The van der Waals surface area contributed by atoms with Crippen molar-refractivity contribution in [1.29, 1.82) is 0 Å². The van der Waals surface area contributed by atoms with E-state index in [0.29, 0.717) is 5.92 Å². The van der Waals surface area contributed by atoms with E-state index in [2.05, 4.69) is 13.8 Å². The van der Waals surface area contributed by atoms with E-state index in [9.17, 15) is 14.4 Å². The molecule has 0 saturated heterocycles. The van der Waals surface area contributed by atoms with Crippen molar-refractivity contribution < 1.29 is 14.4 Å². The van der Waals surface area contributed by atoms with E-state index < -0.39 is 7.60 Å². The molecule has 1 aromatic rings. The van der Waals surface area contributed by atoms with Crippen LogP contribution < -0.4 is 5.30 Å². The normalized spacial score (nSPS) is 13.8. The summed E-state index contributed by atoms with van der Waals surface area (Å²) < 4.78 is 11.5. The van der Waals surface area contributed by atoms with Gasteiger partial charge in [-0.05, 0) is 48.9 Å². The van der Waals surface area contributed by atoms with Crippen LogP contribution in [0.15, 0.2) is 12.1 Å². The van der Waals surface area contributed by atoms with Gasteiger partial charge in [-0.3, -0.25) is 4.57 Å². The molecule has 0 aromatic heterocycles. The van der Waals surface area contributed by atoms with Gasteiger partial charge in [0, 0.05) is 0 Å². The van der Waals surface area contributed by atoms with Gasteiger partial charge in [0.2, 0.25) is 0 Å². The molecule has 1 atom stereocenters. The van der Waals surface area contributed by atoms with Gasteiger partial charge in [0.15, 0.2) is 0 Å². The molecule has 0 bridgehead atoms. The van der Waals surface area contributed by atoms with Gasteiger partial charge in [0.05, 0.1) is 5.30 Å². The molecule has 3 nitrogen and oxygen atoms in total. The summed E-state index contributed by atoms with van der Waals surface area (Å²) in [6.07, 6.45) is 1.73. The van der Waals surface area contributed by atoms with Crippen LogP contribution in [0.25, 0.3) is 0 Å². The van der Waals surface area contributed by atoms with E-state index >= 15 is 0 Å². The second-order valence-corrected chi connectivity index (χ2v) is 6.41. The SMILES string of the molecule is CCC(C)Cc1c(C)cc(C)cc1P(=O)(O)O. The van der Waals surface area contributed by atoms with Gasteiger partial charge < -0.3 is 9.79 Å². The van der Waals surface area contributed by atoms with Gasteiger partial charge in [-0.1, -0.05) is 26.3 Å². The number of hydrogen-bond acceptors (Lipinski definition) is 1. The Morgan fingerprint density at radius 1 is 1.29 bits per heavy atom. The van der Waals surface area contributed by atoms with Gasteiger partial charge in [0.1, 0.15) is 0 Å². The van der Waals surface area contributed by atoms with Crippen molar-refractivity contribution in [3.63, 3.8) is 0 Å². The predicted molar refractivity (Wildman–Crippen MR) is 70.8 cm³/mol. The molecule has 0 spiro atoms. The molecular weight excluding hydrogens is 235 g/mol. The van der Waals surface area contributed by atoms with Crippen molar-refractivity contribution in [1.82, 2.24) is 0 Å². The average Bonchev–Trinajstić information content (AvgIpc) is 2.19. The van der Waals surface area contributed by atoms with Crippen molar-refractivity contribution in [2.24, 2.45) is 5.92 Å². The lowest BCUT2D eigenvalue weighted by molar-refractivity contribution is 0.387. The maximum atomic E-state index is 11.5. The molecule has 4 heteroatoms. The van der Waals surface area contributed by atoms with Crippen LogP contribution in [-0.2, 0) is 11.0 Å². The molecule has 0 aliphatic rings. The van der Waals surface area contributed by atoms with Gasteiger partial charge in [-0.15, -0.1) is 0 Å². The molecule has 0 aliphatic carbocycles. The van der Waals surface area contributed by atoms with Crippen LogP contribution >= 0.6 is 7.60 Å². The summed E-state index contributed by atoms with van der Waals surface area (Å²) in [5.74, 6) is 0.432. The van der Waals surface area contributed by atoms with Gasteiger partial charge in [-0.2, -0.15) is 0 Å². The van der Waals surface area contributed by atoms with Crippen LogP contribution in [0.3, 0.4) is 0 Å². The molecule has 0 amide bonds. The fourth-order valence-electron chi connectivity index (χ4n) is 1.99. The molecular formula is C13H21O3P. The Morgan fingerprint density at radius 3 is 2.35 bits per heavy atom. The summed E-state index contributed by atoms with van der Waals surface area (Å²) in [5.41, 5.74) is 2.69. The third-order valence-corrected chi connectivity index (χ3v) is 4.18. The molecule has 1 aromatic carbocycles. The fraction of sp³-hybridized carbons (Fsp3) is 0.538. The van der Waals surface area contributed by atoms with E-state index in [1.807, 2.05) is 19.9 Å². The van der Waals surface area contributed by atoms with Gasteiger partial charge in [-0.25, -0.2) is 0 Å². The number of rotatable bonds is 4. The third-order valence-electron chi connectivity index (χ3n) is 3.16. The van der Waals surface area contributed by atoms with Crippen molar-refractivity contribution in [2.45, 2.75) is 40.5 Å². The molecule has 0 radical (unpaired) electrons. The second kappa shape index (κ2) is 5.34. The molecule has 1 unspecified atom stereocenters. The molecule has 96 valence electrons. The quantitative estimate of drug-likeness (QED) is 0.814. The zero-order chi connectivity index (χ0) is 13.2. The summed E-state index contributed by atoms with van der Waals surface area (Å²) in [4.78, 5) is 18.8. The van der Waals surface area contributed by atoms with Crippen LogP contribution in [-0.4, -0.2) is 9.79 Å². The molecule has 0 aliphatic heterocycles. The highest BCUT2D eigenvalue weighted by Crippen LogP contribution is 2.36. The third kappa shape index (κ3) is 3.67. The van der Waals surface area contributed by atoms with Crippen molar-refractivity contribution in [2.75, 3.05) is 0 Å². The minimum Gasteiger partial charge on any atom is -0.321 e. The highest BCUT2D eigenvalue weighted by atomic mass is 31.2. The van der Waals surface area contributed by atoms with E-state index in [4.69, 9.17) is 0 Å². The smallest absolute Gasteiger partial charge is 0.321 e. The highest BCUT2D eigenvalue weighted by molar-refractivity contribution is 7.60. The molecule has 17 heavy (non-hydrogen) atoms. The number of benzene rings is 1. The van der Waals surface area contributed by atoms with Crippen molar-refractivity contribution in [3.05, 3.63) is 28.8 Å². The molecule has 0 saturated carbocycles. The molecule has 1 rings (SSSR count). The Morgan fingerprint density at radius 2 is 1.88 bits per heavy atom. The number of hydrogen-bond donors (Lipinski definition) is 2. The summed E-state index contributed by atoms with van der Waals surface area (Å²) in [6.45, 7) is 7.97. The average molecular weight is 256 g/mol. The second-order valence-electron chi connectivity index (χ2n) is 4.84. The van der Waals surface area contributed by atoms with Crippen LogP contribution in [0, 0.1) is 19.8 Å². The van der Waals surface area contributed by atoms with E-state index in [0.717, 1.165) is 29.5 Å². The summed E-state index contributed by atoms with van der Waals surface area (Å²) in [6, 6.07) is 3.60. The lowest BCUT2D eigenvalue weighted by Gasteiger charge is -2.17. The molecule has 0 heterocycles. The predicted octanol–water partition coefficient (Wildman–Crippen LogP) is 2.70. The van der Waals surface area contributed by atoms with E-state index in [1.165, 1.54) is 0 Å². The maximum absolute atomic E-state index is 11.5. The van der Waals surface area contributed by atoms with Gasteiger partial charge >= 0.3 is 7.60 Å². The molecule has 2 N–H and O–H groups in total. The Labute approximate surface area is 103 Å². The zero-order valence-electron chi connectivity index (χ0n) is 10.9. The minimum absolute atomic E-state index is 0.204. The highest BCUT2D eigenvalue weighted by Gasteiger charge is 2.23. The Kier molecular flexibility index (Phi) is 4.54. The van der Waals surface area contributed by atoms with E-state index in [1.54, 1.807) is 6.07 Å². The van der Waals surface area contributed by atoms with Crippen LogP contribution in [0.5, 0.6) is 0 Å². The minimum atomic E-state index is -4.18. The lowest BCUT2D eigenvalue weighted by atomic mass is 9.94. The van der Waals surface area contributed by atoms with Gasteiger partial charge in [0.25, 0.3) is 0 Å². The standard InChI is InChI=1S/C13H21O3P/c1-5-9(2)7-12-11(4)6-10(3)8-13(12)17(14,15)16/h6,8-9H,5,7H2,1-4H3,(H2,14,15,16). The number of aryl methyl sites for hydroxylation is 2. The Bertz CT molecular complexity index is 448. The monoisotopic (exact) mass is 256 g/mol. The summed E-state index contributed by atoms with van der Waals surface area (Å²) in [7, 11) is -4.18. The summed E-state index contributed by atoms with van der Waals surface area (Å²) >= 11 is 0. The Balaban J connectivity index is 3.31. The largest absolute Gasteiger partial charge is 0.356 e. The van der Waals surface area contributed by atoms with Crippen molar-refractivity contribution >= 4 is 12.9 Å². The topological polar surface area (TPSA) is 57.5 Å². The molecule has 0 fully saturated rings. The fourth-order valence-corrected chi connectivity index (χ4v) is 2.98. The first-order valence-electron chi connectivity index (χ1n) is 5.92. The van der Waals surface area contributed by atoms with E-state index in [-0.39, 0.29) is 5.30 Å². The van der Waals surface area contributed by atoms with Crippen molar-refractivity contribution in [3.8, 4) is 0 Å². The maximum Gasteiger partial charge on any atom is 0.356 e. The van der Waals surface area contributed by atoms with Crippen LogP contribution in [0.2, 0.25) is 0 Å². The summed E-state index contributed by atoms with van der Waals surface area (Å²) in [5, 5.41) is 0.204. The first-order valence-corrected chi connectivity index (χ1v) is 7.53. The first kappa shape index (κ1) is 14.4.